The summed E-state index contributed by atoms with van der Waals surface area (Å²) in [5.41, 5.74) is 0. The first-order valence-electron chi connectivity index (χ1n) is 4.86. The zero-order chi connectivity index (χ0) is 9.10. The van der Waals surface area contributed by atoms with Gasteiger partial charge in [-0.25, -0.2) is 0 Å². The molecular weight excluding hydrogens is 164 g/mol. The molecule has 1 N–H and O–H groups in total. The lowest BCUT2D eigenvalue weighted by atomic mass is 10.2. The lowest BCUT2D eigenvalue weighted by Gasteiger charge is -2.31. The summed E-state index contributed by atoms with van der Waals surface area (Å²) in [7, 11) is 0. The van der Waals surface area contributed by atoms with Crippen LogP contribution in [0.2, 0.25) is 0 Å². The third-order valence-corrected chi connectivity index (χ3v) is 2.65. The number of rotatable bonds is 2. The van der Waals surface area contributed by atoms with Crippen LogP contribution in [-0.2, 0) is 0 Å². The quantitative estimate of drug-likeness (QED) is 0.742. The number of furan rings is 1. The molecule has 0 bridgehead atoms. The van der Waals surface area contributed by atoms with Crippen LogP contribution in [-0.4, -0.2) is 31.1 Å². The molecule has 0 spiro atoms. The Morgan fingerprint density at radius 2 is 2.23 bits per heavy atom. The van der Waals surface area contributed by atoms with Gasteiger partial charge in [0.25, 0.3) is 0 Å². The van der Waals surface area contributed by atoms with Crippen molar-refractivity contribution in [2.75, 3.05) is 26.2 Å². The highest BCUT2D eigenvalue weighted by Gasteiger charge is 2.19. The van der Waals surface area contributed by atoms with Crippen molar-refractivity contribution in [3.8, 4) is 0 Å². The smallest absolute Gasteiger partial charge is 0.120 e. The van der Waals surface area contributed by atoms with Crippen molar-refractivity contribution in [3.63, 3.8) is 0 Å². The third kappa shape index (κ3) is 1.92. The first-order chi connectivity index (χ1) is 6.38. The lowest BCUT2D eigenvalue weighted by Crippen LogP contribution is -2.44. The molecule has 0 amide bonds. The SMILES string of the molecule is CC(c1ccco1)N1CCNCC1. The van der Waals surface area contributed by atoms with Crippen LogP contribution < -0.4 is 5.32 Å². The first-order valence-corrected chi connectivity index (χ1v) is 4.86. The fraction of sp³-hybridized carbons (Fsp3) is 0.600. The number of piperazine rings is 1. The van der Waals surface area contributed by atoms with Crippen LogP contribution in [0.1, 0.15) is 18.7 Å². The van der Waals surface area contributed by atoms with Crippen molar-refractivity contribution in [3.05, 3.63) is 24.2 Å². The molecule has 1 atom stereocenters. The minimum atomic E-state index is 0.414. The largest absolute Gasteiger partial charge is 0.468 e. The van der Waals surface area contributed by atoms with E-state index in [-0.39, 0.29) is 0 Å². The van der Waals surface area contributed by atoms with E-state index in [0.29, 0.717) is 6.04 Å². The van der Waals surface area contributed by atoms with E-state index in [1.807, 2.05) is 12.1 Å². The van der Waals surface area contributed by atoms with Crippen molar-refractivity contribution in [2.45, 2.75) is 13.0 Å². The lowest BCUT2D eigenvalue weighted by molar-refractivity contribution is 0.167. The molecule has 13 heavy (non-hydrogen) atoms. The van der Waals surface area contributed by atoms with Crippen molar-refractivity contribution in [2.24, 2.45) is 0 Å². The number of nitrogens with one attached hydrogen (secondary N) is 1. The summed E-state index contributed by atoms with van der Waals surface area (Å²) in [6.07, 6.45) is 1.74. The molecule has 0 aromatic carbocycles. The molecule has 3 heteroatoms. The third-order valence-electron chi connectivity index (χ3n) is 2.65. The molecule has 1 unspecified atom stereocenters. The van der Waals surface area contributed by atoms with Gasteiger partial charge in [-0.3, -0.25) is 4.90 Å². The molecule has 1 aromatic rings. The Labute approximate surface area is 78.7 Å². The van der Waals surface area contributed by atoms with E-state index < -0.39 is 0 Å². The monoisotopic (exact) mass is 180 g/mol. The van der Waals surface area contributed by atoms with Gasteiger partial charge in [-0.2, -0.15) is 0 Å². The predicted molar refractivity (Wildman–Crippen MR) is 51.6 cm³/mol. The fourth-order valence-electron chi connectivity index (χ4n) is 1.78. The van der Waals surface area contributed by atoms with E-state index in [4.69, 9.17) is 4.42 Å². The van der Waals surface area contributed by atoms with Crippen molar-refractivity contribution in [1.29, 1.82) is 0 Å². The van der Waals surface area contributed by atoms with E-state index in [1.54, 1.807) is 6.26 Å². The Hall–Kier alpha value is -0.800. The fourth-order valence-corrected chi connectivity index (χ4v) is 1.78. The summed E-state index contributed by atoms with van der Waals surface area (Å²) in [5, 5.41) is 3.34. The molecule has 0 aliphatic carbocycles. The molecule has 1 aliphatic heterocycles. The van der Waals surface area contributed by atoms with Gasteiger partial charge in [-0.15, -0.1) is 0 Å². The van der Waals surface area contributed by atoms with E-state index in [9.17, 15) is 0 Å². The van der Waals surface area contributed by atoms with Gasteiger partial charge in [-0.1, -0.05) is 0 Å². The van der Waals surface area contributed by atoms with Crippen LogP contribution in [0.5, 0.6) is 0 Å². The Morgan fingerprint density at radius 3 is 2.85 bits per heavy atom. The number of nitrogens with zero attached hydrogens (tertiary/aromatic N) is 1. The standard InChI is InChI=1S/C10H16N2O/c1-9(10-3-2-8-13-10)12-6-4-11-5-7-12/h2-3,8-9,11H,4-7H2,1H3. The Balaban J connectivity index is 1.99. The summed E-state index contributed by atoms with van der Waals surface area (Å²) >= 11 is 0. The minimum absolute atomic E-state index is 0.414. The Kier molecular flexibility index (Phi) is 2.66. The van der Waals surface area contributed by atoms with Crippen molar-refractivity contribution >= 4 is 0 Å². The Morgan fingerprint density at radius 1 is 1.46 bits per heavy atom. The molecule has 2 rings (SSSR count). The molecule has 0 radical (unpaired) electrons. The van der Waals surface area contributed by atoms with E-state index in [1.165, 1.54) is 0 Å². The number of hydrogen-bond donors (Lipinski definition) is 1. The van der Waals surface area contributed by atoms with Gasteiger partial charge in [-0.05, 0) is 19.1 Å². The molecule has 2 heterocycles. The highest BCUT2D eigenvalue weighted by Crippen LogP contribution is 2.20. The normalized spacial score (nSPS) is 21.6. The number of hydrogen-bond acceptors (Lipinski definition) is 3. The minimum Gasteiger partial charge on any atom is -0.468 e. The van der Waals surface area contributed by atoms with Crippen LogP contribution in [0.4, 0.5) is 0 Å². The van der Waals surface area contributed by atoms with E-state index in [2.05, 4.69) is 17.1 Å². The molecule has 1 aromatic heterocycles. The van der Waals surface area contributed by atoms with Crippen LogP contribution in [0.15, 0.2) is 22.8 Å². The topological polar surface area (TPSA) is 28.4 Å². The van der Waals surface area contributed by atoms with Gasteiger partial charge in [0, 0.05) is 26.2 Å². The van der Waals surface area contributed by atoms with Crippen LogP contribution in [0.3, 0.4) is 0 Å². The van der Waals surface area contributed by atoms with Gasteiger partial charge in [0.05, 0.1) is 12.3 Å². The summed E-state index contributed by atoms with van der Waals surface area (Å²) in [6, 6.07) is 4.41. The zero-order valence-corrected chi connectivity index (χ0v) is 7.99. The maximum absolute atomic E-state index is 5.39. The van der Waals surface area contributed by atoms with Gasteiger partial charge in [0.1, 0.15) is 5.76 Å². The summed E-state index contributed by atoms with van der Waals surface area (Å²) < 4.78 is 5.39. The molecule has 1 fully saturated rings. The van der Waals surface area contributed by atoms with Gasteiger partial charge in [0.2, 0.25) is 0 Å². The average molecular weight is 180 g/mol. The summed E-state index contributed by atoms with van der Waals surface area (Å²) in [4.78, 5) is 2.44. The highest BCUT2D eigenvalue weighted by molar-refractivity contribution is 5.03. The van der Waals surface area contributed by atoms with E-state index in [0.717, 1.165) is 31.9 Å². The van der Waals surface area contributed by atoms with Gasteiger partial charge < -0.3 is 9.73 Å². The van der Waals surface area contributed by atoms with Crippen LogP contribution in [0, 0.1) is 0 Å². The maximum atomic E-state index is 5.39. The average Bonchev–Trinajstić information content (AvgIpc) is 2.71. The first kappa shape index (κ1) is 8.78. The molecule has 72 valence electrons. The molecule has 1 aliphatic rings. The molecule has 1 saturated heterocycles. The second kappa shape index (κ2) is 3.94. The second-order valence-electron chi connectivity index (χ2n) is 3.48. The van der Waals surface area contributed by atoms with Crippen LogP contribution in [0.25, 0.3) is 0 Å². The van der Waals surface area contributed by atoms with Crippen molar-refractivity contribution in [1.82, 2.24) is 10.2 Å². The van der Waals surface area contributed by atoms with Crippen molar-refractivity contribution < 1.29 is 4.42 Å². The molecular formula is C10H16N2O. The zero-order valence-electron chi connectivity index (χ0n) is 7.99. The maximum Gasteiger partial charge on any atom is 0.120 e. The van der Waals surface area contributed by atoms with Gasteiger partial charge >= 0.3 is 0 Å². The van der Waals surface area contributed by atoms with Crippen LogP contribution >= 0.6 is 0 Å². The van der Waals surface area contributed by atoms with E-state index >= 15 is 0 Å². The summed E-state index contributed by atoms with van der Waals surface area (Å²) in [5.74, 6) is 1.07. The second-order valence-corrected chi connectivity index (χ2v) is 3.48. The summed E-state index contributed by atoms with van der Waals surface area (Å²) in [6.45, 7) is 6.60. The predicted octanol–water partition coefficient (Wildman–Crippen LogP) is 1.25. The molecule has 3 nitrogen and oxygen atoms in total. The van der Waals surface area contributed by atoms with Gasteiger partial charge in [0.15, 0.2) is 0 Å². The molecule has 0 saturated carbocycles. The highest BCUT2D eigenvalue weighted by atomic mass is 16.3. The Bertz CT molecular complexity index is 239.